The minimum Gasteiger partial charge on any atom is -0.480 e. The Morgan fingerprint density at radius 1 is 1.35 bits per heavy atom. The number of rotatable bonds is 4. The van der Waals surface area contributed by atoms with Crippen molar-refractivity contribution in [3.8, 4) is 0 Å². The smallest absolute Gasteiger partial charge is 0.329 e. The average molecular weight is 318 g/mol. The second kappa shape index (κ2) is 5.15. The lowest BCUT2D eigenvalue weighted by atomic mass is 9.97. The largest absolute Gasteiger partial charge is 0.480 e. The highest BCUT2D eigenvalue weighted by atomic mass is 32.2. The summed E-state index contributed by atoms with van der Waals surface area (Å²) < 4.78 is 22.2. The van der Waals surface area contributed by atoms with Crippen LogP contribution in [-0.2, 0) is 14.8 Å². The van der Waals surface area contributed by atoms with Gasteiger partial charge in [0.1, 0.15) is 9.75 Å². The van der Waals surface area contributed by atoms with E-state index in [0.29, 0.717) is 12.8 Å². The van der Waals surface area contributed by atoms with Crippen molar-refractivity contribution in [2.24, 2.45) is 5.14 Å². The molecule has 4 N–H and O–H groups in total. The van der Waals surface area contributed by atoms with E-state index in [0.717, 1.165) is 30.2 Å². The summed E-state index contributed by atoms with van der Waals surface area (Å²) in [6.45, 7) is 0. The number of nitrogens with one attached hydrogen (secondary N) is 1. The van der Waals surface area contributed by atoms with Crippen LogP contribution in [0.25, 0.3) is 0 Å². The van der Waals surface area contributed by atoms with Crippen LogP contribution in [0, 0.1) is 0 Å². The van der Waals surface area contributed by atoms with E-state index in [1.165, 1.54) is 5.38 Å². The van der Waals surface area contributed by atoms with Crippen LogP contribution in [0.15, 0.2) is 15.7 Å². The number of carboxylic acids is 1. The Kier molecular flexibility index (Phi) is 3.85. The summed E-state index contributed by atoms with van der Waals surface area (Å²) in [6.07, 6.45) is 2.22. The van der Waals surface area contributed by atoms with Crippen molar-refractivity contribution in [3.63, 3.8) is 0 Å². The topological polar surface area (TPSA) is 127 Å². The molecule has 0 aromatic carbocycles. The molecule has 1 heterocycles. The van der Waals surface area contributed by atoms with Gasteiger partial charge in [-0.3, -0.25) is 4.79 Å². The van der Waals surface area contributed by atoms with Gasteiger partial charge in [-0.05, 0) is 18.9 Å². The predicted octanol–water partition coefficient (Wildman–Crippen LogP) is 0.523. The molecule has 0 bridgehead atoms. The Morgan fingerprint density at radius 2 is 1.95 bits per heavy atom. The monoisotopic (exact) mass is 318 g/mol. The fourth-order valence-electron chi connectivity index (χ4n) is 2.25. The molecule has 1 saturated carbocycles. The van der Waals surface area contributed by atoms with Crippen LogP contribution in [0.5, 0.6) is 0 Å². The number of thiophene rings is 1. The lowest BCUT2D eigenvalue weighted by molar-refractivity contribution is -0.144. The fourth-order valence-corrected chi connectivity index (χ4v) is 3.83. The molecule has 0 radical (unpaired) electrons. The Balaban J connectivity index is 2.20. The summed E-state index contributed by atoms with van der Waals surface area (Å²) >= 11 is 0.829. The number of hydrogen-bond acceptors (Lipinski definition) is 5. The summed E-state index contributed by atoms with van der Waals surface area (Å²) in [5.41, 5.74) is -1.15. The summed E-state index contributed by atoms with van der Waals surface area (Å²) in [5.74, 6) is -1.66. The number of aliphatic carboxylic acids is 1. The zero-order chi connectivity index (χ0) is 15.0. The number of carboxylic acid groups (broad SMARTS) is 1. The molecule has 1 fully saturated rings. The third-order valence-electron chi connectivity index (χ3n) is 3.34. The molecule has 2 rings (SSSR count). The van der Waals surface area contributed by atoms with Crippen molar-refractivity contribution < 1.29 is 23.1 Å². The van der Waals surface area contributed by atoms with E-state index in [9.17, 15) is 23.1 Å². The van der Waals surface area contributed by atoms with Gasteiger partial charge in [0.25, 0.3) is 5.91 Å². The first-order valence-corrected chi connectivity index (χ1v) is 8.34. The molecule has 9 heteroatoms. The second-order valence-electron chi connectivity index (χ2n) is 4.75. The van der Waals surface area contributed by atoms with Crippen molar-refractivity contribution in [2.45, 2.75) is 35.4 Å². The van der Waals surface area contributed by atoms with Crippen molar-refractivity contribution >= 4 is 33.2 Å². The van der Waals surface area contributed by atoms with Crippen LogP contribution in [0.2, 0.25) is 0 Å². The van der Waals surface area contributed by atoms with Crippen LogP contribution in [0.1, 0.15) is 36.0 Å². The van der Waals surface area contributed by atoms with Crippen molar-refractivity contribution in [1.29, 1.82) is 0 Å². The first-order valence-electron chi connectivity index (χ1n) is 5.92. The number of carbonyl (C=O) groups excluding carboxylic acids is 1. The van der Waals surface area contributed by atoms with Crippen LogP contribution < -0.4 is 10.5 Å². The van der Waals surface area contributed by atoms with E-state index >= 15 is 0 Å². The number of carbonyl (C=O) groups is 2. The first-order chi connectivity index (χ1) is 9.24. The molecule has 1 aromatic rings. The number of sulfonamides is 1. The molecule has 1 aromatic heterocycles. The van der Waals surface area contributed by atoms with Gasteiger partial charge < -0.3 is 10.4 Å². The Hall–Kier alpha value is -1.45. The SMILES string of the molecule is NS(=O)(=O)c1cc(C(=O)NC2(C(=O)O)CCCC2)cs1. The molecule has 0 spiro atoms. The molecular weight excluding hydrogens is 304 g/mol. The maximum atomic E-state index is 12.0. The molecule has 0 saturated heterocycles. The van der Waals surface area contributed by atoms with Crippen LogP contribution in [0.3, 0.4) is 0 Å². The van der Waals surface area contributed by atoms with Crippen LogP contribution in [0.4, 0.5) is 0 Å². The highest BCUT2D eigenvalue weighted by molar-refractivity contribution is 7.91. The van der Waals surface area contributed by atoms with Crippen molar-refractivity contribution in [2.75, 3.05) is 0 Å². The standard InChI is InChI=1S/C11H14N2O5S2/c12-20(17,18)8-5-7(6-19-8)9(14)13-11(10(15)16)3-1-2-4-11/h5-6H,1-4H2,(H,13,14)(H,15,16)(H2,12,17,18). The number of primary sulfonamides is 1. The van der Waals surface area contributed by atoms with E-state index in [1.807, 2.05) is 0 Å². The van der Waals surface area contributed by atoms with Gasteiger partial charge in [-0.1, -0.05) is 12.8 Å². The van der Waals surface area contributed by atoms with Gasteiger partial charge in [-0.25, -0.2) is 18.4 Å². The number of hydrogen-bond donors (Lipinski definition) is 3. The Bertz CT molecular complexity index is 644. The molecule has 7 nitrogen and oxygen atoms in total. The molecule has 1 aliphatic carbocycles. The van der Waals surface area contributed by atoms with Gasteiger partial charge in [-0.15, -0.1) is 11.3 Å². The lowest BCUT2D eigenvalue weighted by Gasteiger charge is -2.24. The number of nitrogens with two attached hydrogens (primary N) is 1. The van der Waals surface area contributed by atoms with Gasteiger partial charge in [0.2, 0.25) is 10.0 Å². The first kappa shape index (κ1) is 14.9. The summed E-state index contributed by atoms with van der Waals surface area (Å²) in [4.78, 5) is 23.4. The van der Waals surface area contributed by atoms with E-state index in [1.54, 1.807) is 0 Å². The van der Waals surface area contributed by atoms with Gasteiger partial charge in [0.05, 0.1) is 5.56 Å². The molecule has 1 amide bonds. The van der Waals surface area contributed by atoms with Crippen molar-refractivity contribution in [1.82, 2.24) is 5.32 Å². The molecule has 0 aliphatic heterocycles. The molecule has 1 aliphatic rings. The van der Waals surface area contributed by atoms with E-state index in [2.05, 4.69) is 5.32 Å². The second-order valence-corrected chi connectivity index (χ2v) is 7.45. The van der Waals surface area contributed by atoms with Gasteiger partial charge in [0.15, 0.2) is 0 Å². The number of amides is 1. The molecular formula is C11H14N2O5S2. The average Bonchev–Trinajstić information content (AvgIpc) is 2.96. The lowest BCUT2D eigenvalue weighted by Crippen LogP contribution is -2.52. The third kappa shape index (κ3) is 2.84. The summed E-state index contributed by atoms with van der Waals surface area (Å²) in [7, 11) is -3.85. The van der Waals surface area contributed by atoms with E-state index in [-0.39, 0.29) is 9.77 Å². The summed E-state index contributed by atoms with van der Waals surface area (Å²) in [5, 5.41) is 18.1. The van der Waals surface area contributed by atoms with Gasteiger partial charge in [0, 0.05) is 5.38 Å². The fraction of sp³-hybridized carbons (Fsp3) is 0.455. The zero-order valence-corrected chi connectivity index (χ0v) is 12.1. The highest BCUT2D eigenvalue weighted by Crippen LogP contribution is 2.30. The summed E-state index contributed by atoms with van der Waals surface area (Å²) in [6, 6.07) is 1.15. The zero-order valence-electron chi connectivity index (χ0n) is 10.5. The Labute approximate surface area is 119 Å². The van der Waals surface area contributed by atoms with Gasteiger partial charge in [-0.2, -0.15) is 0 Å². The van der Waals surface area contributed by atoms with Crippen LogP contribution >= 0.6 is 11.3 Å². The minimum atomic E-state index is -3.85. The van der Waals surface area contributed by atoms with E-state index < -0.39 is 27.4 Å². The van der Waals surface area contributed by atoms with Gasteiger partial charge >= 0.3 is 5.97 Å². The Morgan fingerprint density at radius 3 is 2.40 bits per heavy atom. The molecule has 20 heavy (non-hydrogen) atoms. The van der Waals surface area contributed by atoms with Crippen molar-refractivity contribution in [3.05, 3.63) is 17.0 Å². The third-order valence-corrected chi connectivity index (χ3v) is 5.72. The van der Waals surface area contributed by atoms with E-state index in [4.69, 9.17) is 5.14 Å². The quantitative estimate of drug-likeness (QED) is 0.746. The molecule has 0 unspecified atom stereocenters. The molecule has 0 atom stereocenters. The highest BCUT2D eigenvalue weighted by Gasteiger charge is 2.42. The normalized spacial score (nSPS) is 17.9. The minimum absolute atomic E-state index is 0.103. The maximum Gasteiger partial charge on any atom is 0.329 e. The molecule has 110 valence electrons. The van der Waals surface area contributed by atoms with Crippen LogP contribution in [-0.4, -0.2) is 30.9 Å². The predicted molar refractivity (Wildman–Crippen MR) is 72.0 cm³/mol. The maximum absolute atomic E-state index is 12.0.